The number of likely N-dealkylation sites (tertiary alicyclic amines) is 1. The van der Waals surface area contributed by atoms with Gasteiger partial charge in [0, 0.05) is 12.0 Å². The van der Waals surface area contributed by atoms with Crippen LogP contribution < -0.4 is 0 Å². The molecule has 0 aromatic carbocycles. The van der Waals surface area contributed by atoms with Crippen molar-refractivity contribution in [1.29, 1.82) is 5.39 Å². The van der Waals surface area contributed by atoms with Crippen LogP contribution in [0.15, 0.2) is 24.3 Å². The van der Waals surface area contributed by atoms with Gasteiger partial charge >= 0.3 is 17.5 Å². The molecule has 0 spiro atoms. The second-order valence-electron chi connectivity index (χ2n) is 5.64. The van der Waals surface area contributed by atoms with Crippen LogP contribution in [0.2, 0.25) is 0 Å². The number of allylic oxidation sites excluding steroid dienone is 1. The molecular weight excluding hydrogens is 298 g/mol. The van der Waals surface area contributed by atoms with Gasteiger partial charge < -0.3 is 9.84 Å². The van der Waals surface area contributed by atoms with Crippen LogP contribution >= 0.6 is 0 Å². The summed E-state index contributed by atoms with van der Waals surface area (Å²) in [5.41, 5.74) is -1.26. The number of nitrogens with zero attached hydrogens (tertiary/aromatic N) is 3. The Kier molecular flexibility index (Phi) is 6.76. The minimum atomic E-state index is -0.849. The SMILES string of the molecule is C=CCCCC1(CC)CCCN(C(=O)/C([N+]#N)=C(/O)OC)C1=O. The van der Waals surface area contributed by atoms with Gasteiger partial charge in [0.2, 0.25) is 11.3 Å². The van der Waals surface area contributed by atoms with Gasteiger partial charge in [-0.2, -0.15) is 0 Å². The van der Waals surface area contributed by atoms with Crippen LogP contribution in [-0.4, -0.2) is 35.5 Å². The molecule has 0 aromatic heterocycles. The van der Waals surface area contributed by atoms with Crippen molar-refractivity contribution in [2.24, 2.45) is 5.41 Å². The predicted molar refractivity (Wildman–Crippen MR) is 84.5 cm³/mol. The molecule has 23 heavy (non-hydrogen) atoms. The fraction of sp³-hybridized carbons (Fsp3) is 0.625. The third-order valence-electron chi connectivity index (χ3n) is 4.42. The second kappa shape index (κ2) is 8.32. The van der Waals surface area contributed by atoms with E-state index in [1.807, 2.05) is 13.0 Å². The van der Waals surface area contributed by atoms with Crippen molar-refractivity contribution < 1.29 is 19.4 Å². The molecule has 0 aromatic rings. The van der Waals surface area contributed by atoms with Gasteiger partial charge in [0.25, 0.3) is 0 Å². The molecule has 1 atom stereocenters. The van der Waals surface area contributed by atoms with Crippen molar-refractivity contribution in [1.82, 2.24) is 4.90 Å². The maximum absolute atomic E-state index is 12.9. The molecule has 0 aliphatic carbocycles. The predicted octanol–water partition coefficient (Wildman–Crippen LogP) is 3.11. The monoisotopic (exact) mass is 322 g/mol. The average Bonchev–Trinajstić information content (AvgIpc) is 2.57. The molecule has 1 fully saturated rings. The van der Waals surface area contributed by atoms with Crippen LogP contribution in [-0.2, 0) is 14.3 Å². The summed E-state index contributed by atoms with van der Waals surface area (Å²) in [5, 5.41) is 18.4. The summed E-state index contributed by atoms with van der Waals surface area (Å²) in [5.74, 6) is -1.95. The number of rotatable bonds is 7. The summed E-state index contributed by atoms with van der Waals surface area (Å²) < 4.78 is 4.52. The van der Waals surface area contributed by atoms with Crippen molar-refractivity contribution in [2.45, 2.75) is 45.4 Å². The highest BCUT2D eigenvalue weighted by molar-refractivity contribution is 6.07. The Morgan fingerprint density at radius 2 is 2.30 bits per heavy atom. The number of diazo groups is 1. The summed E-state index contributed by atoms with van der Waals surface area (Å²) in [6.07, 6.45) is 6.12. The number of carbonyl (C=O) groups is 2. The molecule has 126 valence electrons. The zero-order chi connectivity index (χ0) is 17.5. The number of carbonyl (C=O) groups excluding carboxylic acids is 2. The van der Waals surface area contributed by atoms with Crippen LogP contribution in [0.1, 0.15) is 45.4 Å². The number of imide groups is 1. The maximum atomic E-state index is 12.9. The molecule has 0 radical (unpaired) electrons. The van der Waals surface area contributed by atoms with Gasteiger partial charge in [0.05, 0.1) is 7.11 Å². The van der Waals surface area contributed by atoms with Crippen molar-refractivity contribution >= 4 is 11.8 Å². The summed E-state index contributed by atoms with van der Waals surface area (Å²) in [7, 11) is 1.14. The average molecular weight is 322 g/mol. The fourth-order valence-corrected chi connectivity index (χ4v) is 2.99. The zero-order valence-corrected chi connectivity index (χ0v) is 13.7. The lowest BCUT2D eigenvalue weighted by Gasteiger charge is -2.39. The van der Waals surface area contributed by atoms with Gasteiger partial charge in [0.1, 0.15) is 0 Å². The number of hydrogen-bond donors (Lipinski definition) is 1. The van der Waals surface area contributed by atoms with E-state index in [1.165, 1.54) is 0 Å². The highest BCUT2D eigenvalue weighted by atomic mass is 16.6. The van der Waals surface area contributed by atoms with E-state index < -0.39 is 23.0 Å². The van der Waals surface area contributed by atoms with Crippen LogP contribution in [0.5, 0.6) is 0 Å². The standard InChI is InChI=1S/C16H23N3O4/c1-4-6-7-9-16(5-2)10-8-11-19(15(16)22)13(20)12(18-17)14(21)23-3/h4H,1,5-11H2,2-3H3/p+1. The van der Waals surface area contributed by atoms with E-state index in [1.54, 1.807) is 0 Å². The van der Waals surface area contributed by atoms with E-state index in [9.17, 15) is 14.7 Å². The van der Waals surface area contributed by atoms with Gasteiger partial charge in [-0.05, 0) is 38.5 Å². The van der Waals surface area contributed by atoms with Crippen molar-refractivity contribution in [2.75, 3.05) is 13.7 Å². The van der Waals surface area contributed by atoms with Crippen LogP contribution in [0, 0.1) is 10.8 Å². The molecule has 7 nitrogen and oxygen atoms in total. The number of amides is 2. The van der Waals surface area contributed by atoms with Gasteiger partial charge in [-0.15, -0.1) is 6.58 Å². The quantitative estimate of drug-likeness (QED) is 0.255. The van der Waals surface area contributed by atoms with E-state index >= 15 is 0 Å². The van der Waals surface area contributed by atoms with Crippen molar-refractivity contribution in [3.63, 3.8) is 0 Å². The van der Waals surface area contributed by atoms with Gasteiger partial charge in [0.15, 0.2) is 4.98 Å². The first-order valence-corrected chi connectivity index (χ1v) is 7.77. The van der Waals surface area contributed by atoms with E-state index in [4.69, 9.17) is 5.39 Å². The number of methoxy groups -OCH3 is 1. The first kappa shape index (κ1) is 18.7. The lowest BCUT2D eigenvalue weighted by molar-refractivity contribution is -0.154. The molecule has 1 heterocycles. The summed E-state index contributed by atoms with van der Waals surface area (Å²) in [6, 6.07) is 0. The molecule has 1 rings (SSSR count). The molecule has 1 N–H and O–H groups in total. The number of piperidine rings is 1. The minimum Gasteiger partial charge on any atom is -0.475 e. The lowest BCUT2D eigenvalue weighted by Crippen LogP contribution is -2.51. The molecule has 1 unspecified atom stereocenters. The highest BCUT2D eigenvalue weighted by Gasteiger charge is 2.48. The fourth-order valence-electron chi connectivity index (χ4n) is 2.99. The van der Waals surface area contributed by atoms with Gasteiger partial charge in [-0.1, -0.05) is 13.0 Å². The van der Waals surface area contributed by atoms with E-state index in [0.29, 0.717) is 19.3 Å². The number of aliphatic hydroxyl groups is 1. The summed E-state index contributed by atoms with van der Waals surface area (Å²) >= 11 is 0. The largest absolute Gasteiger partial charge is 0.527 e. The third-order valence-corrected chi connectivity index (χ3v) is 4.42. The van der Waals surface area contributed by atoms with Crippen LogP contribution in [0.25, 0.3) is 4.98 Å². The third kappa shape index (κ3) is 3.89. The zero-order valence-electron chi connectivity index (χ0n) is 13.7. The molecule has 1 aliphatic rings. The van der Waals surface area contributed by atoms with Crippen LogP contribution in [0.4, 0.5) is 0 Å². The Hall–Kier alpha value is -2.36. The normalized spacial score (nSPS) is 22.1. The Morgan fingerprint density at radius 1 is 1.61 bits per heavy atom. The first-order valence-electron chi connectivity index (χ1n) is 7.77. The second-order valence-corrected chi connectivity index (χ2v) is 5.64. The van der Waals surface area contributed by atoms with Crippen molar-refractivity contribution in [3.05, 3.63) is 29.3 Å². The molecule has 1 aliphatic heterocycles. The van der Waals surface area contributed by atoms with E-state index in [2.05, 4.69) is 16.3 Å². The maximum Gasteiger partial charge on any atom is 0.527 e. The van der Waals surface area contributed by atoms with E-state index in [-0.39, 0.29) is 12.5 Å². The van der Waals surface area contributed by atoms with Crippen LogP contribution in [0.3, 0.4) is 0 Å². The number of ether oxygens (including phenoxy) is 1. The molecule has 2 amide bonds. The minimum absolute atomic E-state index is 0.233. The highest BCUT2D eigenvalue weighted by Crippen LogP contribution is 2.40. The Balaban J connectivity index is 3.05. The Bertz CT molecular complexity index is 550. The number of unbranched alkanes of at least 4 members (excludes halogenated alkanes) is 1. The molecule has 1 saturated heterocycles. The first-order chi connectivity index (χ1) is 11.0. The number of aliphatic hydroxyl groups excluding tert-OH is 1. The smallest absolute Gasteiger partial charge is 0.475 e. The Morgan fingerprint density at radius 3 is 2.83 bits per heavy atom. The molecule has 0 bridgehead atoms. The Labute approximate surface area is 136 Å². The van der Waals surface area contributed by atoms with Gasteiger partial charge in [-0.3, -0.25) is 14.5 Å². The number of hydrogen-bond acceptors (Lipinski definition) is 5. The topological polar surface area (TPSA) is 95.0 Å². The lowest BCUT2D eigenvalue weighted by atomic mass is 9.73. The molecule has 7 heteroatoms. The van der Waals surface area contributed by atoms with Crippen molar-refractivity contribution in [3.8, 4) is 0 Å². The van der Waals surface area contributed by atoms with E-state index in [0.717, 1.165) is 31.3 Å². The summed E-state index contributed by atoms with van der Waals surface area (Å²) in [6.45, 7) is 5.84. The molecular formula is C16H24N3O4+. The molecule has 0 saturated carbocycles. The van der Waals surface area contributed by atoms with Gasteiger partial charge in [-0.25, -0.2) is 0 Å². The summed E-state index contributed by atoms with van der Waals surface area (Å²) in [4.78, 5) is 29.1.